The molecule has 0 bridgehead atoms. The molecule has 0 unspecified atom stereocenters. The summed E-state index contributed by atoms with van der Waals surface area (Å²) in [6, 6.07) is 5.09. The fraction of sp³-hybridized carbons (Fsp3) is 0.353. The van der Waals surface area contributed by atoms with E-state index in [0.717, 1.165) is 17.0 Å². The number of aryl methyl sites for hydroxylation is 3. The highest BCUT2D eigenvalue weighted by Gasteiger charge is 2.19. The summed E-state index contributed by atoms with van der Waals surface area (Å²) in [6.45, 7) is 5.77. The van der Waals surface area contributed by atoms with Crippen molar-refractivity contribution in [1.29, 1.82) is 0 Å². The number of hydrogen-bond acceptors (Lipinski definition) is 3. The van der Waals surface area contributed by atoms with Gasteiger partial charge in [0.05, 0.1) is 11.7 Å². The van der Waals surface area contributed by atoms with Gasteiger partial charge < -0.3 is 9.88 Å². The summed E-state index contributed by atoms with van der Waals surface area (Å²) < 4.78 is 1.77. The van der Waals surface area contributed by atoms with Gasteiger partial charge in [-0.1, -0.05) is 13.0 Å². The van der Waals surface area contributed by atoms with Crippen molar-refractivity contribution < 1.29 is 4.79 Å². The molecule has 116 valence electrons. The summed E-state index contributed by atoms with van der Waals surface area (Å²) in [6.07, 6.45) is 3.99. The molecule has 2 aromatic rings. The first-order chi connectivity index (χ1) is 10.4. The second-order valence-corrected chi connectivity index (χ2v) is 5.44. The van der Waals surface area contributed by atoms with E-state index in [9.17, 15) is 9.59 Å². The minimum Gasteiger partial charge on any atom is -0.354 e. The van der Waals surface area contributed by atoms with E-state index >= 15 is 0 Å². The topological polar surface area (TPSA) is 64.0 Å². The summed E-state index contributed by atoms with van der Waals surface area (Å²) in [5.74, 6) is -0.363. The molecule has 0 saturated carbocycles. The molecule has 0 aromatic carbocycles. The third-order valence-electron chi connectivity index (χ3n) is 3.82. The molecule has 1 amide bonds. The highest BCUT2D eigenvalue weighted by molar-refractivity contribution is 5.94. The second-order valence-electron chi connectivity index (χ2n) is 5.44. The average molecular weight is 299 g/mol. The van der Waals surface area contributed by atoms with Gasteiger partial charge in [0, 0.05) is 31.2 Å². The first-order valence-corrected chi connectivity index (χ1v) is 7.33. The molecule has 2 rings (SSSR count). The quantitative estimate of drug-likeness (QED) is 0.942. The van der Waals surface area contributed by atoms with Gasteiger partial charge in [-0.15, -0.1) is 0 Å². The van der Waals surface area contributed by atoms with Crippen molar-refractivity contribution in [2.75, 3.05) is 0 Å². The van der Waals surface area contributed by atoms with E-state index < -0.39 is 0 Å². The van der Waals surface area contributed by atoms with E-state index in [1.807, 2.05) is 40.0 Å². The molecule has 2 aromatic heterocycles. The van der Waals surface area contributed by atoms with Crippen LogP contribution in [0, 0.1) is 13.8 Å². The fourth-order valence-electron chi connectivity index (χ4n) is 2.36. The lowest BCUT2D eigenvalue weighted by Crippen LogP contribution is -2.33. The van der Waals surface area contributed by atoms with E-state index in [2.05, 4.69) is 10.3 Å². The first kappa shape index (κ1) is 15.9. The Hall–Kier alpha value is -2.43. The Kier molecular flexibility index (Phi) is 4.75. The van der Waals surface area contributed by atoms with Crippen molar-refractivity contribution in [2.24, 2.45) is 7.05 Å². The number of nitrogens with zero attached hydrogens (tertiary/aromatic N) is 2. The average Bonchev–Trinajstić information content (AvgIpc) is 2.49. The standard InChI is InChI=1S/C17H21N3O2/c1-5-14(16-11(2)7-6-8-18-16)19-17(22)13-10-20(4)12(3)9-15(13)21/h6-10,14H,5H2,1-4H3,(H,19,22)/t14-/m0/s1. The fourth-order valence-corrected chi connectivity index (χ4v) is 2.36. The monoisotopic (exact) mass is 299 g/mol. The van der Waals surface area contributed by atoms with Crippen LogP contribution in [0.15, 0.2) is 35.4 Å². The number of hydrogen-bond donors (Lipinski definition) is 1. The van der Waals surface area contributed by atoms with E-state index in [0.29, 0.717) is 6.42 Å². The zero-order chi connectivity index (χ0) is 16.3. The minimum absolute atomic E-state index is 0.153. The molecule has 2 heterocycles. The van der Waals surface area contributed by atoms with Gasteiger partial charge in [0.25, 0.3) is 5.91 Å². The van der Waals surface area contributed by atoms with E-state index in [1.165, 1.54) is 6.07 Å². The number of amides is 1. The highest BCUT2D eigenvalue weighted by Crippen LogP contribution is 2.18. The summed E-state index contributed by atoms with van der Waals surface area (Å²) in [7, 11) is 1.81. The molecular weight excluding hydrogens is 278 g/mol. The zero-order valence-corrected chi connectivity index (χ0v) is 13.4. The van der Waals surface area contributed by atoms with Gasteiger partial charge in [-0.05, 0) is 31.9 Å². The van der Waals surface area contributed by atoms with Crippen LogP contribution in [-0.4, -0.2) is 15.5 Å². The van der Waals surface area contributed by atoms with Gasteiger partial charge in [-0.25, -0.2) is 0 Å². The second kappa shape index (κ2) is 6.56. The number of pyridine rings is 2. The van der Waals surface area contributed by atoms with Gasteiger partial charge in [0.1, 0.15) is 5.56 Å². The molecule has 0 radical (unpaired) electrons. The Balaban J connectivity index is 2.29. The number of aromatic nitrogens is 2. The minimum atomic E-state index is -0.363. The van der Waals surface area contributed by atoms with Crippen LogP contribution in [0.5, 0.6) is 0 Å². The molecule has 0 spiro atoms. The molecule has 5 nitrogen and oxygen atoms in total. The molecule has 0 saturated heterocycles. The predicted molar refractivity (Wildman–Crippen MR) is 85.9 cm³/mol. The molecular formula is C17H21N3O2. The normalized spacial score (nSPS) is 12.0. The number of carbonyl (C=O) groups is 1. The molecule has 0 aliphatic carbocycles. The Morgan fingerprint density at radius 1 is 1.41 bits per heavy atom. The van der Waals surface area contributed by atoms with Gasteiger partial charge in [-0.2, -0.15) is 0 Å². The van der Waals surface area contributed by atoms with Crippen molar-refractivity contribution in [3.05, 3.63) is 63.3 Å². The van der Waals surface area contributed by atoms with Crippen LogP contribution in [0.1, 0.15) is 46.7 Å². The first-order valence-electron chi connectivity index (χ1n) is 7.33. The van der Waals surface area contributed by atoms with E-state index in [4.69, 9.17) is 0 Å². The number of carbonyl (C=O) groups excluding carboxylic acids is 1. The summed E-state index contributed by atoms with van der Waals surface area (Å²) >= 11 is 0. The number of rotatable bonds is 4. The summed E-state index contributed by atoms with van der Waals surface area (Å²) in [5, 5.41) is 2.91. The molecule has 22 heavy (non-hydrogen) atoms. The third kappa shape index (κ3) is 3.24. The van der Waals surface area contributed by atoms with Crippen LogP contribution in [0.3, 0.4) is 0 Å². The van der Waals surface area contributed by atoms with Crippen LogP contribution >= 0.6 is 0 Å². The SMILES string of the molecule is CC[C@H](NC(=O)c1cn(C)c(C)cc1=O)c1ncccc1C. The third-order valence-corrected chi connectivity index (χ3v) is 3.82. The molecule has 0 aliphatic heterocycles. The Labute approximate surface area is 130 Å². The highest BCUT2D eigenvalue weighted by atomic mass is 16.2. The zero-order valence-electron chi connectivity index (χ0n) is 13.4. The van der Waals surface area contributed by atoms with Crippen LogP contribution < -0.4 is 10.7 Å². The Morgan fingerprint density at radius 2 is 2.14 bits per heavy atom. The maximum Gasteiger partial charge on any atom is 0.257 e. The van der Waals surface area contributed by atoms with Crippen LogP contribution in [-0.2, 0) is 7.05 Å². The Bertz CT molecular complexity index is 750. The maximum absolute atomic E-state index is 12.4. The Morgan fingerprint density at radius 3 is 2.77 bits per heavy atom. The smallest absolute Gasteiger partial charge is 0.257 e. The lowest BCUT2D eigenvalue weighted by molar-refractivity contribution is 0.0932. The van der Waals surface area contributed by atoms with Crippen molar-refractivity contribution in [3.8, 4) is 0 Å². The largest absolute Gasteiger partial charge is 0.354 e. The molecule has 5 heteroatoms. The van der Waals surface area contributed by atoms with Gasteiger partial charge in [-0.3, -0.25) is 14.6 Å². The van der Waals surface area contributed by atoms with Crippen LogP contribution in [0.2, 0.25) is 0 Å². The van der Waals surface area contributed by atoms with Gasteiger partial charge in [0.15, 0.2) is 5.43 Å². The molecule has 0 fully saturated rings. The lowest BCUT2D eigenvalue weighted by atomic mass is 10.1. The summed E-state index contributed by atoms with van der Waals surface area (Å²) in [4.78, 5) is 28.8. The number of nitrogens with one attached hydrogen (secondary N) is 1. The van der Waals surface area contributed by atoms with E-state index in [1.54, 1.807) is 17.0 Å². The predicted octanol–water partition coefficient (Wildman–Crippen LogP) is 2.28. The van der Waals surface area contributed by atoms with Crippen molar-refractivity contribution in [3.63, 3.8) is 0 Å². The van der Waals surface area contributed by atoms with E-state index in [-0.39, 0.29) is 22.9 Å². The molecule has 1 N–H and O–H groups in total. The summed E-state index contributed by atoms with van der Waals surface area (Å²) in [5.41, 5.74) is 2.56. The van der Waals surface area contributed by atoms with Crippen LogP contribution in [0.4, 0.5) is 0 Å². The van der Waals surface area contributed by atoms with Crippen molar-refractivity contribution in [1.82, 2.24) is 14.9 Å². The molecule has 0 aliphatic rings. The lowest BCUT2D eigenvalue weighted by Gasteiger charge is -2.18. The molecule has 1 atom stereocenters. The van der Waals surface area contributed by atoms with Crippen molar-refractivity contribution in [2.45, 2.75) is 33.2 Å². The van der Waals surface area contributed by atoms with Gasteiger partial charge in [0.2, 0.25) is 0 Å². The maximum atomic E-state index is 12.4. The van der Waals surface area contributed by atoms with Crippen molar-refractivity contribution >= 4 is 5.91 Å². The van der Waals surface area contributed by atoms with Gasteiger partial charge >= 0.3 is 0 Å². The van der Waals surface area contributed by atoms with Crippen LogP contribution in [0.25, 0.3) is 0 Å².